The number of anilines is 1. The molecule has 4 saturated heterocycles. The van der Waals surface area contributed by atoms with Crippen LogP contribution in [-0.2, 0) is 11.8 Å². The van der Waals surface area contributed by atoms with Crippen LogP contribution in [0.4, 0.5) is 23.4 Å². The molecule has 4 aliphatic rings. The Morgan fingerprint density at radius 2 is 1.84 bits per heavy atom. The highest BCUT2D eigenvalue weighted by Crippen LogP contribution is 2.46. The lowest BCUT2D eigenvalue weighted by Gasteiger charge is -2.44. The van der Waals surface area contributed by atoms with E-state index in [2.05, 4.69) is 20.7 Å². The molecule has 14 heteroatoms. The number of nitrogens with zero attached hydrogens (tertiary/aromatic N) is 7. The van der Waals surface area contributed by atoms with Crippen molar-refractivity contribution in [2.45, 2.75) is 38.3 Å². The first-order chi connectivity index (χ1) is 26.4. The number of aromatic hydroxyl groups is 1. The monoisotopic (exact) mass is 755 g/mol. The molecule has 2 aromatic heterocycles. The molecular weight excluding hydrogens is 714 g/mol. The molecule has 0 saturated carbocycles. The Kier molecular flexibility index (Phi) is 8.67. The van der Waals surface area contributed by atoms with Gasteiger partial charge in [-0.05, 0) is 55.5 Å². The molecule has 9 rings (SSSR count). The lowest BCUT2D eigenvalue weighted by atomic mass is 9.78. The summed E-state index contributed by atoms with van der Waals surface area (Å²) in [6.45, 7) is 6.13. The molecule has 0 aliphatic carbocycles. The second-order valence-corrected chi connectivity index (χ2v) is 15.9. The summed E-state index contributed by atoms with van der Waals surface area (Å²) in [6.07, 6.45) is 8.07. The maximum Gasteiger partial charge on any atom is 0.319 e. The molecular formula is C41H41F4N7O3. The minimum Gasteiger partial charge on any atom is -0.508 e. The summed E-state index contributed by atoms with van der Waals surface area (Å²) in [6, 6.07) is 5.82. The van der Waals surface area contributed by atoms with Gasteiger partial charge in [0, 0.05) is 91.3 Å². The summed E-state index contributed by atoms with van der Waals surface area (Å²) in [5, 5.41) is 17.2. The number of aryl methyl sites for hydroxylation is 1. The smallest absolute Gasteiger partial charge is 0.319 e. The van der Waals surface area contributed by atoms with Gasteiger partial charge in [0.05, 0.1) is 24.2 Å². The molecule has 1 N–H and O–H groups in total. The van der Waals surface area contributed by atoms with Crippen LogP contribution in [0.5, 0.6) is 11.8 Å². The summed E-state index contributed by atoms with van der Waals surface area (Å²) >= 11 is 0. The van der Waals surface area contributed by atoms with Gasteiger partial charge in [0.2, 0.25) is 0 Å². The number of ether oxygens (including phenoxy) is 2. The van der Waals surface area contributed by atoms with E-state index in [-0.39, 0.29) is 75.6 Å². The number of hydrogen-bond donors (Lipinski definition) is 1. The van der Waals surface area contributed by atoms with Crippen molar-refractivity contribution >= 4 is 38.4 Å². The molecule has 3 aromatic carbocycles. The van der Waals surface area contributed by atoms with Gasteiger partial charge in [-0.2, -0.15) is 23.8 Å². The normalized spacial score (nSPS) is 23.5. The molecule has 0 radical (unpaired) electrons. The zero-order valence-corrected chi connectivity index (χ0v) is 30.9. The van der Waals surface area contributed by atoms with Crippen molar-refractivity contribution < 1.29 is 32.1 Å². The lowest BCUT2D eigenvalue weighted by Crippen LogP contribution is -2.56. The van der Waals surface area contributed by atoms with Crippen molar-refractivity contribution in [3.05, 3.63) is 59.3 Å². The Morgan fingerprint density at radius 3 is 2.53 bits per heavy atom. The van der Waals surface area contributed by atoms with Crippen LogP contribution >= 0.6 is 0 Å². The van der Waals surface area contributed by atoms with Crippen LogP contribution in [0.25, 0.3) is 43.7 Å². The fourth-order valence-electron chi connectivity index (χ4n) is 9.42. The molecule has 0 spiro atoms. The number of rotatable bonds is 7. The molecule has 0 amide bonds. The van der Waals surface area contributed by atoms with E-state index in [0.717, 1.165) is 32.6 Å². The van der Waals surface area contributed by atoms with Gasteiger partial charge in [-0.3, -0.25) is 9.58 Å². The number of likely N-dealkylation sites (tertiary alicyclic amines) is 1. The largest absolute Gasteiger partial charge is 0.508 e. The Hall–Kier alpha value is -4.97. The van der Waals surface area contributed by atoms with E-state index >= 15 is 8.78 Å². The highest BCUT2D eigenvalue weighted by Gasteiger charge is 2.43. The van der Waals surface area contributed by atoms with Crippen LogP contribution in [0.3, 0.4) is 0 Å². The molecule has 286 valence electrons. The number of halogens is 4. The van der Waals surface area contributed by atoms with Crippen LogP contribution in [0, 0.1) is 35.3 Å². The molecule has 10 nitrogen and oxygen atoms in total. The van der Waals surface area contributed by atoms with E-state index in [1.807, 2.05) is 11.9 Å². The standard InChI is InChI=1S/C41H41F4N7O3/c1-5-27-31(42)9-6-23-12-26(53)13-28(32(23)27)33-35(43)37-34(29-17-50(4)48-36(29)33)39(51-15-24-7-8-25(16-51)52(24)14-22-18-54-19-22)47-40(46-37)55-21-41(2)20-49(3)11-10-30(41)38(44)45/h1,6,9,12-13,17,22,24-25,53H,7-8,10-11,14-16,18-21H2,2-4H3/t24-,25+,41-/m0/s1. The number of phenolic OH excluding ortho intramolecular Hbond substituents is 1. The predicted octanol–water partition coefficient (Wildman–Crippen LogP) is 6.47. The van der Waals surface area contributed by atoms with Gasteiger partial charge in [-0.1, -0.05) is 18.9 Å². The molecule has 3 atom stereocenters. The molecule has 4 aliphatic heterocycles. The van der Waals surface area contributed by atoms with Crippen LogP contribution in [0.15, 0.2) is 42.1 Å². The zero-order valence-electron chi connectivity index (χ0n) is 30.9. The van der Waals surface area contributed by atoms with Gasteiger partial charge in [-0.25, -0.2) is 8.78 Å². The van der Waals surface area contributed by atoms with Crippen LogP contribution in [0.1, 0.15) is 31.7 Å². The highest BCUT2D eigenvalue weighted by molar-refractivity contribution is 6.18. The summed E-state index contributed by atoms with van der Waals surface area (Å²) in [7, 11) is 3.60. The van der Waals surface area contributed by atoms with E-state index in [1.54, 1.807) is 24.9 Å². The van der Waals surface area contributed by atoms with Gasteiger partial charge >= 0.3 is 6.01 Å². The molecule has 2 bridgehead atoms. The van der Waals surface area contributed by atoms with Gasteiger partial charge in [0.1, 0.15) is 35.0 Å². The average molecular weight is 756 g/mol. The molecule has 5 aromatic rings. The molecule has 6 heterocycles. The van der Waals surface area contributed by atoms with Crippen molar-refractivity contribution in [3.63, 3.8) is 0 Å². The first kappa shape index (κ1) is 35.7. The molecule has 4 fully saturated rings. The summed E-state index contributed by atoms with van der Waals surface area (Å²) in [5.74, 6) is 1.74. The third-order valence-corrected chi connectivity index (χ3v) is 12.0. The maximum atomic E-state index is 17.7. The second kappa shape index (κ2) is 13.4. The third kappa shape index (κ3) is 5.95. The summed E-state index contributed by atoms with van der Waals surface area (Å²) < 4.78 is 74.8. The first-order valence-corrected chi connectivity index (χ1v) is 18.7. The number of benzene rings is 3. The number of phenols is 1. The lowest BCUT2D eigenvalue weighted by molar-refractivity contribution is -0.0538. The molecule has 55 heavy (non-hydrogen) atoms. The van der Waals surface area contributed by atoms with E-state index in [1.165, 1.54) is 24.3 Å². The zero-order chi connectivity index (χ0) is 38.3. The Morgan fingerprint density at radius 1 is 1.07 bits per heavy atom. The van der Waals surface area contributed by atoms with E-state index in [4.69, 9.17) is 26.0 Å². The molecule has 0 unspecified atom stereocenters. The highest BCUT2D eigenvalue weighted by atomic mass is 19.3. The van der Waals surface area contributed by atoms with Crippen molar-refractivity contribution in [1.82, 2.24) is 29.5 Å². The van der Waals surface area contributed by atoms with E-state index < -0.39 is 23.1 Å². The Balaban J connectivity index is 1.25. The average Bonchev–Trinajstić information content (AvgIpc) is 3.61. The van der Waals surface area contributed by atoms with Crippen molar-refractivity contribution in [1.29, 1.82) is 0 Å². The van der Waals surface area contributed by atoms with Gasteiger partial charge < -0.3 is 24.4 Å². The number of piperidine rings is 1. The number of aromatic nitrogens is 4. The first-order valence-electron chi connectivity index (χ1n) is 18.7. The van der Waals surface area contributed by atoms with Gasteiger partial charge in [-0.15, -0.1) is 6.42 Å². The number of piperazine rings is 1. The fraction of sp³-hybridized carbons (Fsp3) is 0.439. The van der Waals surface area contributed by atoms with Crippen LogP contribution in [-0.4, -0.2) is 106 Å². The quantitative estimate of drug-likeness (QED) is 0.148. The van der Waals surface area contributed by atoms with E-state index in [0.29, 0.717) is 54.1 Å². The number of terminal acetylenes is 1. The van der Waals surface area contributed by atoms with Crippen molar-refractivity contribution in [2.75, 3.05) is 64.5 Å². The Bertz CT molecular complexity index is 2440. The third-order valence-electron chi connectivity index (χ3n) is 12.0. The minimum absolute atomic E-state index is 0.0222. The predicted molar refractivity (Wildman–Crippen MR) is 201 cm³/mol. The second-order valence-electron chi connectivity index (χ2n) is 15.9. The number of hydrogen-bond acceptors (Lipinski definition) is 9. The van der Waals surface area contributed by atoms with Gasteiger partial charge in [0.15, 0.2) is 5.82 Å². The topological polar surface area (TPSA) is 92.0 Å². The van der Waals surface area contributed by atoms with E-state index in [9.17, 15) is 13.9 Å². The van der Waals surface area contributed by atoms with Gasteiger partial charge in [0.25, 0.3) is 6.08 Å². The SMILES string of the molecule is C#Cc1c(F)ccc2cc(O)cc(-c3c(F)c4nc(OC[C@]5(C)CN(C)CCC5=C(F)F)nc(N5C[C@H]6CC[C@@H](C5)N6CC5COC5)c4c4cn(C)nc34)c12. The summed E-state index contributed by atoms with van der Waals surface area (Å²) in [4.78, 5) is 16.3. The fourth-order valence-corrected chi connectivity index (χ4v) is 9.42. The van der Waals surface area contributed by atoms with Crippen LogP contribution in [0.2, 0.25) is 0 Å². The van der Waals surface area contributed by atoms with Crippen LogP contribution < -0.4 is 9.64 Å². The van der Waals surface area contributed by atoms with Crippen molar-refractivity contribution in [2.24, 2.45) is 18.4 Å². The van der Waals surface area contributed by atoms with Crippen molar-refractivity contribution in [3.8, 4) is 35.2 Å². The maximum absolute atomic E-state index is 17.7. The summed E-state index contributed by atoms with van der Waals surface area (Å²) in [5.41, 5.74) is -0.819. The number of fused-ring (bicyclic) bond motifs is 6. The Labute approximate surface area is 315 Å². The minimum atomic E-state index is -1.73.